The summed E-state index contributed by atoms with van der Waals surface area (Å²) in [6.07, 6.45) is 8.62. The molecule has 0 bridgehead atoms. The molecule has 0 aromatic carbocycles. The number of hydrogen-bond acceptors (Lipinski definition) is 1. The molecule has 0 N–H and O–H groups in total. The van der Waals surface area contributed by atoms with Gasteiger partial charge in [-0.2, -0.15) is 0 Å². The molecule has 1 nitrogen and oxygen atoms in total. The van der Waals surface area contributed by atoms with Crippen LogP contribution in [-0.4, -0.2) is 15.6 Å². The first-order chi connectivity index (χ1) is 5.81. The van der Waals surface area contributed by atoms with Gasteiger partial charge in [-0.15, -0.1) is 0 Å². The van der Waals surface area contributed by atoms with Crippen LogP contribution in [0.4, 0.5) is 0 Å². The molecule has 2 fully saturated rings. The van der Waals surface area contributed by atoms with Gasteiger partial charge in [0.05, 0.1) is 0 Å². The second-order valence-corrected chi connectivity index (χ2v) is 8.00. The summed E-state index contributed by atoms with van der Waals surface area (Å²) in [6.45, 7) is 3.56. The van der Waals surface area contributed by atoms with Gasteiger partial charge in [-0.05, 0) is 30.3 Å². The fourth-order valence-electron chi connectivity index (χ4n) is 2.80. The predicted octanol–water partition coefficient (Wildman–Crippen LogP) is 2.85. The van der Waals surface area contributed by atoms with E-state index in [0.29, 0.717) is 5.04 Å². The second-order valence-electron chi connectivity index (χ2n) is 4.72. The molecule has 2 aliphatic rings. The molecule has 0 aromatic heterocycles. The average Bonchev–Trinajstić information content (AvgIpc) is 2.55. The third-order valence-electron chi connectivity index (χ3n) is 3.70. The van der Waals surface area contributed by atoms with Crippen LogP contribution in [0.25, 0.3) is 0 Å². The molecule has 70 valence electrons. The van der Waals surface area contributed by atoms with Crippen LogP contribution in [0.5, 0.6) is 0 Å². The zero-order valence-corrected chi connectivity index (χ0v) is 9.30. The van der Waals surface area contributed by atoms with E-state index < -0.39 is 9.04 Å². The van der Waals surface area contributed by atoms with Gasteiger partial charge in [-0.25, -0.2) is 0 Å². The molecule has 1 saturated carbocycles. The summed E-state index contributed by atoms with van der Waals surface area (Å²) in [5.41, 5.74) is 0. The lowest BCUT2D eigenvalue weighted by Crippen LogP contribution is -2.34. The quantitative estimate of drug-likeness (QED) is 0.569. The van der Waals surface area contributed by atoms with E-state index >= 15 is 0 Å². The van der Waals surface area contributed by atoms with E-state index in [1.165, 1.54) is 44.6 Å². The van der Waals surface area contributed by atoms with Crippen LogP contribution < -0.4 is 0 Å². The summed E-state index contributed by atoms with van der Waals surface area (Å²) in [6, 6.07) is 1.45. The summed E-state index contributed by atoms with van der Waals surface area (Å²) >= 11 is 0. The highest BCUT2D eigenvalue weighted by molar-refractivity contribution is 6.55. The van der Waals surface area contributed by atoms with Crippen molar-refractivity contribution in [3.63, 3.8) is 0 Å². The molecule has 1 aliphatic carbocycles. The van der Waals surface area contributed by atoms with Gasteiger partial charge in [0.2, 0.25) is 0 Å². The van der Waals surface area contributed by atoms with Crippen LogP contribution >= 0.6 is 0 Å². The first kappa shape index (κ1) is 8.76. The van der Waals surface area contributed by atoms with Crippen molar-refractivity contribution in [3.05, 3.63) is 0 Å². The Balaban J connectivity index is 1.96. The van der Waals surface area contributed by atoms with E-state index in [9.17, 15) is 0 Å². The Morgan fingerprint density at radius 1 is 1.08 bits per heavy atom. The van der Waals surface area contributed by atoms with E-state index in [0.717, 1.165) is 6.61 Å². The lowest BCUT2D eigenvalue weighted by molar-refractivity contribution is 0.265. The smallest absolute Gasteiger partial charge is 0.182 e. The maximum absolute atomic E-state index is 6.00. The van der Waals surface area contributed by atoms with Gasteiger partial charge < -0.3 is 4.43 Å². The standard InChI is InChI=1S/C10H20OSi/c1-10(6-2-3-7-10)12-9-5-4-8-11-12/h12H,2-9H2,1H3. The minimum absolute atomic E-state index is 0.681. The SMILES string of the molecule is CC1([SiH]2CCCCO2)CCCC1. The van der Waals surface area contributed by atoms with Gasteiger partial charge in [0.1, 0.15) is 0 Å². The summed E-state index contributed by atoms with van der Waals surface area (Å²) < 4.78 is 6.00. The maximum Gasteiger partial charge on any atom is 0.182 e. The molecule has 0 aromatic rings. The van der Waals surface area contributed by atoms with Gasteiger partial charge in [0.15, 0.2) is 9.04 Å². The maximum atomic E-state index is 6.00. The topological polar surface area (TPSA) is 9.23 Å². The fourth-order valence-corrected chi connectivity index (χ4v) is 6.22. The minimum atomic E-state index is -0.794. The number of hydrogen-bond donors (Lipinski definition) is 0. The van der Waals surface area contributed by atoms with E-state index in [1.807, 2.05) is 0 Å². The van der Waals surface area contributed by atoms with Gasteiger partial charge in [-0.1, -0.05) is 26.2 Å². The van der Waals surface area contributed by atoms with Crippen molar-refractivity contribution in [3.8, 4) is 0 Å². The minimum Gasteiger partial charge on any atom is -0.419 e. The van der Waals surface area contributed by atoms with Crippen LogP contribution in [0.2, 0.25) is 11.1 Å². The molecule has 1 unspecified atom stereocenters. The van der Waals surface area contributed by atoms with Crippen molar-refractivity contribution in [1.82, 2.24) is 0 Å². The molecule has 0 amide bonds. The van der Waals surface area contributed by atoms with Crippen molar-refractivity contribution in [1.29, 1.82) is 0 Å². The molecule has 1 atom stereocenters. The highest BCUT2D eigenvalue weighted by Gasteiger charge is 2.39. The largest absolute Gasteiger partial charge is 0.419 e. The molecule has 1 aliphatic heterocycles. The van der Waals surface area contributed by atoms with Gasteiger partial charge in [0, 0.05) is 6.61 Å². The Hall–Kier alpha value is 0.177. The van der Waals surface area contributed by atoms with Gasteiger partial charge >= 0.3 is 0 Å². The average molecular weight is 184 g/mol. The monoisotopic (exact) mass is 184 g/mol. The van der Waals surface area contributed by atoms with Crippen LogP contribution in [0.15, 0.2) is 0 Å². The van der Waals surface area contributed by atoms with Crippen molar-refractivity contribution in [2.24, 2.45) is 0 Å². The molecule has 0 spiro atoms. The van der Waals surface area contributed by atoms with Crippen LogP contribution in [0, 0.1) is 0 Å². The predicted molar refractivity (Wildman–Crippen MR) is 54.0 cm³/mol. The third-order valence-corrected chi connectivity index (χ3v) is 7.41. The second kappa shape index (κ2) is 3.50. The number of rotatable bonds is 1. The molecule has 2 heteroatoms. The lowest BCUT2D eigenvalue weighted by Gasteiger charge is -2.35. The summed E-state index contributed by atoms with van der Waals surface area (Å²) in [4.78, 5) is 0. The zero-order valence-electron chi connectivity index (χ0n) is 8.14. The van der Waals surface area contributed by atoms with Crippen molar-refractivity contribution >= 4 is 9.04 Å². The zero-order chi connectivity index (χ0) is 8.44. The highest BCUT2D eigenvalue weighted by Crippen LogP contribution is 2.49. The Bertz CT molecular complexity index is 146. The third kappa shape index (κ3) is 1.60. The van der Waals surface area contributed by atoms with E-state index in [-0.39, 0.29) is 0 Å². The molecule has 1 saturated heterocycles. The van der Waals surface area contributed by atoms with E-state index in [4.69, 9.17) is 4.43 Å². The first-order valence-electron chi connectivity index (χ1n) is 5.43. The molecular weight excluding hydrogens is 164 g/mol. The normalized spacial score (nSPS) is 35.2. The van der Waals surface area contributed by atoms with Gasteiger partial charge in [-0.3, -0.25) is 0 Å². The Labute approximate surface area is 77.2 Å². The van der Waals surface area contributed by atoms with Crippen LogP contribution in [-0.2, 0) is 4.43 Å². The molecule has 1 heterocycles. The van der Waals surface area contributed by atoms with E-state index in [2.05, 4.69) is 6.92 Å². The fraction of sp³-hybridized carbons (Fsp3) is 1.00. The van der Waals surface area contributed by atoms with Crippen molar-refractivity contribution in [2.75, 3.05) is 6.61 Å². The van der Waals surface area contributed by atoms with Crippen molar-refractivity contribution < 1.29 is 4.43 Å². The first-order valence-corrected chi connectivity index (χ1v) is 7.29. The summed E-state index contributed by atoms with van der Waals surface area (Å²) in [5, 5.41) is 0.681. The van der Waals surface area contributed by atoms with Crippen LogP contribution in [0.1, 0.15) is 45.4 Å². The molecular formula is C10H20OSi. The summed E-state index contributed by atoms with van der Waals surface area (Å²) in [5.74, 6) is 0. The van der Waals surface area contributed by atoms with Crippen molar-refractivity contribution in [2.45, 2.75) is 56.5 Å². The van der Waals surface area contributed by atoms with Crippen LogP contribution in [0.3, 0.4) is 0 Å². The molecule has 0 radical (unpaired) electrons. The summed E-state index contributed by atoms with van der Waals surface area (Å²) in [7, 11) is -0.794. The van der Waals surface area contributed by atoms with E-state index in [1.54, 1.807) is 0 Å². The Morgan fingerprint density at radius 2 is 1.83 bits per heavy atom. The molecule has 2 rings (SSSR count). The highest BCUT2D eigenvalue weighted by atomic mass is 28.3. The Morgan fingerprint density at radius 3 is 2.42 bits per heavy atom. The van der Waals surface area contributed by atoms with Gasteiger partial charge in [0.25, 0.3) is 0 Å². The lowest BCUT2D eigenvalue weighted by atomic mass is 10.1. The Kier molecular flexibility index (Phi) is 2.56. The molecule has 12 heavy (non-hydrogen) atoms.